The highest BCUT2D eigenvalue weighted by atomic mass is 32.2. The number of hydrogen-bond acceptors (Lipinski definition) is 10. The van der Waals surface area contributed by atoms with Gasteiger partial charge in [0.15, 0.2) is 9.84 Å². The van der Waals surface area contributed by atoms with Crippen LogP contribution in [0.1, 0.15) is 28.4 Å². The molecular weight excluding hydrogens is 458 g/mol. The minimum Gasteiger partial charge on any atom is -0.462 e. The number of pyridine rings is 1. The van der Waals surface area contributed by atoms with E-state index in [0.29, 0.717) is 17.7 Å². The summed E-state index contributed by atoms with van der Waals surface area (Å²) in [6.07, 6.45) is 6.31. The van der Waals surface area contributed by atoms with Crippen molar-refractivity contribution in [2.45, 2.75) is 31.2 Å². The highest BCUT2D eigenvalue weighted by molar-refractivity contribution is 7.90. The first-order valence-corrected chi connectivity index (χ1v) is 12.5. The molecule has 0 saturated heterocycles. The number of aliphatic hydroxyl groups is 1. The molecule has 0 unspecified atom stereocenters. The lowest BCUT2D eigenvalue weighted by atomic mass is 10.1. The van der Waals surface area contributed by atoms with Crippen molar-refractivity contribution in [2.24, 2.45) is 0 Å². The van der Waals surface area contributed by atoms with E-state index < -0.39 is 21.8 Å². The zero-order chi connectivity index (χ0) is 24.7. The van der Waals surface area contributed by atoms with Gasteiger partial charge in [-0.2, -0.15) is 4.98 Å². The van der Waals surface area contributed by atoms with Crippen molar-refractivity contribution in [1.82, 2.24) is 15.0 Å². The second kappa shape index (κ2) is 11.0. The van der Waals surface area contributed by atoms with Gasteiger partial charge in [0.25, 0.3) is 0 Å². The smallest absolute Gasteiger partial charge is 0.343 e. The number of aromatic nitrogens is 3. The topological polar surface area (TPSA) is 143 Å². The molecule has 1 aromatic carbocycles. The van der Waals surface area contributed by atoms with Crippen LogP contribution in [0.25, 0.3) is 0 Å². The molecule has 3 rings (SSSR count). The quantitative estimate of drug-likeness (QED) is 0.366. The predicted octanol–water partition coefficient (Wildman–Crippen LogP) is 2.52. The summed E-state index contributed by atoms with van der Waals surface area (Å²) in [6, 6.07) is 8.03. The summed E-state index contributed by atoms with van der Waals surface area (Å²) in [4.78, 5) is 25.4. The zero-order valence-electron chi connectivity index (χ0n) is 19.1. The number of rotatable bonds is 10. The summed E-state index contributed by atoms with van der Waals surface area (Å²) in [7, 11) is -3.34. The van der Waals surface area contributed by atoms with Gasteiger partial charge in [0.05, 0.1) is 24.2 Å². The average molecular weight is 486 g/mol. The minimum atomic E-state index is -3.34. The third kappa shape index (κ3) is 6.49. The maximum absolute atomic E-state index is 12.4. The number of carbonyl (C=O) groups excluding carboxylic acids is 1. The minimum absolute atomic E-state index is 0.126. The first kappa shape index (κ1) is 25.1. The van der Waals surface area contributed by atoms with E-state index in [1.807, 2.05) is 6.07 Å². The van der Waals surface area contributed by atoms with Gasteiger partial charge < -0.3 is 20.5 Å². The Hall–Kier alpha value is -3.57. The van der Waals surface area contributed by atoms with Crippen molar-refractivity contribution in [3.8, 4) is 0 Å². The SMILES string of the molecule is CCOC(=O)c1cnc(Nc2ccc(S(C)(=O)=O)c(C)c2)nc1N[C@H](CO)Cc1cccnc1. The van der Waals surface area contributed by atoms with Crippen LogP contribution in [0.5, 0.6) is 0 Å². The molecule has 0 aliphatic carbocycles. The largest absolute Gasteiger partial charge is 0.462 e. The lowest BCUT2D eigenvalue weighted by molar-refractivity contribution is 0.0526. The number of carbonyl (C=O) groups is 1. The van der Waals surface area contributed by atoms with Gasteiger partial charge in [0.2, 0.25) is 5.95 Å². The van der Waals surface area contributed by atoms with E-state index in [2.05, 4.69) is 25.6 Å². The molecule has 0 saturated carbocycles. The molecular formula is C23H27N5O5S. The Morgan fingerprint density at radius 3 is 2.65 bits per heavy atom. The summed E-state index contributed by atoms with van der Waals surface area (Å²) in [5, 5.41) is 16.0. The average Bonchev–Trinajstić information content (AvgIpc) is 2.79. The predicted molar refractivity (Wildman–Crippen MR) is 128 cm³/mol. The van der Waals surface area contributed by atoms with Crippen molar-refractivity contribution in [3.63, 3.8) is 0 Å². The number of nitrogens with one attached hydrogen (secondary N) is 2. The van der Waals surface area contributed by atoms with E-state index in [9.17, 15) is 18.3 Å². The number of hydrogen-bond donors (Lipinski definition) is 3. The van der Waals surface area contributed by atoms with Gasteiger partial charge in [-0.15, -0.1) is 0 Å². The third-order valence-corrected chi connectivity index (χ3v) is 6.14. The first-order valence-electron chi connectivity index (χ1n) is 10.6. The Morgan fingerprint density at radius 2 is 2.03 bits per heavy atom. The van der Waals surface area contributed by atoms with Crippen LogP contribution in [0.15, 0.2) is 53.8 Å². The van der Waals surface area contributed by atoms with Crippen molar-refractivity contribution in [1.29, 1.82) is 0 Å². The molecule has 0 radical (unpaired) electrons. The summed E-state index contributed by atoms with van der Waals surface area (Å²) in [6.45, 7) is 3.37. The van der Waals surface area contributed by atoms with Gasteiger partial charge in [-0.3, -0.25) is 4.98 Å². The fraction of sp³-hybridized carbons (Fsp3) is 0.304. The molecule has 34 heavy (non-hydrogen) atoms. The molecule has 0 aliphatic heterocycles. The van der Waals surface area contributed by atoms with Gasteiger partial charge in [0, 0.05) is 30.5 Å². The Morgan fingerprint density at radius 1 is 1.24 bits per heavy atom. The third-order valence-electron chi connectivity index (χ3n) is 4.88. The van der Waals surface area contributed by atoms with E-state index in [1.54, 1.807) is 44.4 Å². The highest BCUT2D eigenvalue weighted by Crippen LogP contribution is 2.23. The monoisotopic (exact) mass is 485 g/mol. The van der Waals surface area contributed by atoms with E-state index in [-0.39, 0.29) is 35.4 Å². The number of aryl methyl sites for hydroxylation is 1. The zero-order valence-corrected chi connectivity index (χ0v) is 20.0. The fourth-order valence-corrected chi connectivity index (χ4v) is 4.30. The maximum Gasteiger partial charge on any atom is 0.343 e. The summed E-state index contributed by atoms with van der Waals surface area (Å²) < 4.78 is 28.8. The molecule has 0 amide bonds. The molecule has 3 N–H and O–H groups in total. The Kier molecular flexibility index (Phi) is 8.13. The number of anilines is 3. The number of aliphatic hydroxyl groups excluding tert-OH is 1. The van der Waals surface area contributed by atoms with E-state index >= 15 is 0 Å². The van der Waals surface area contributed by atoms with E-state index in [4.69, 9.17) is 4.74 Å². The summed E-state index contributed by atoms with van der Waals surface area (Å²) in [5.74, 6) is -0.216. The number of esters is 1. The normalized spacial score (nSPS) is 12.1. The maximum atomic E-state index is 12.4. The number of benzene rings is 1. The first-order chi connectivity index (χ1) is 16.2. The van der Waals surface area contributed by atoms with Gasteiger partial charge >= 0.3 is 5.97 Å². The molecule has 10 nitrogen and oxygen atoms in total. The van der Waals surface area contributed by atoms with Crippen molar-refractivity contribution >= 4 is 33.3 Å². The molecule has 0 aliphatic rings. The molecule has 0 spiro atoms. The molecule has 180 valence electrons. The fourth-order valence-electron chi connectivity index (χ4n) is 3.34. The number of ether oxygens (including phenoxy) is 1. The number of nitrogens with zero attached hydrogens (tertiary/aromatic N) is 3. The standard InChI is InChI=1S/C23H27N5O5S/c1-4-33-22(30)19-13-25-23(27-17-7-8-20(15(2)10-17)34(3,31)32)28-21(19)26-18(14-29)11-16-6-5-9-24-12-16/h5-10,12-13,18,29H,4,11,14H2,1-3H3,(H2,25,26,27,28)/t18-/m0/s1. The van der Waals surface area contributed by atoms with Crippen LogP contribution in [0.4, 0.5) is 17.5 Å². The van der Waals surface area contributed by atoms with Gasteiger partial charge in [0.1, 0.15) is 11.4 Å². The van der Waals surface area contributed by atoms with Crippen molar-refractivity contribution < 1.29 is 23.1 Å². The second-order valence-electron chi connectivity index (χ2n) is 7.64. The second-order valence-corrected chi connectivity index (χ2v) is 9.63. The molecule has 1 atom stereocenters. The molecule has 0 fully saturated rings. The Balaban J connectivity index is 1.89. The van der Waals surface area contributed by atoms with Crippen LogP contribution in [-0.2, 0) is 21.0 Å². The van der Waals surface area contributed by atoms with Crippen LogP contribution >= 0.6 is 0 Å². The van der Waals surface area contributed by atoms with Crippen molar-refractivity contribution in [3.05, 3.63) is 65.6 Å². The van der Waals surface area contributed by atoms with Crippen molar-refractivity contribution in [2.75, 3.05) is 30.1 Å². The molecule has 3 aromatic rings. The van der Waals surface area contributed by atoms with E-state index in [1.165, 1.54) is 12.3 Å². The van der Waals surface area contributed by atoms with Crippen LogP contribution in [-0.4, -0.2) is 60.0 Å². The van der Waals surface area contributed by atoms with Crippen LogP contribution < -0.4 is 10.6 Å². The molecule has 11 heteroatoms. The van der Waals surface area contributed by atoms with Gasteiger partial charge in [-0.25, -0.2) is 18.2 Å². The summed E-state index contributed by atoms with van der Waals surface area (Å²) in [5.41, 5.74) is 2.18. The Labute approximate surface area is 198 Å². The van der Waals surface area contributed by atoms with Crippen LogP contribution in [0.2, 0.25) is 0 Å². The van der Waals surface area contributed by atoms with Crippen LogP contribution in [0, 0.1) is 6.92 Å². The molecule has 2 heterocycles. The lowest BCUT2D eigenvalue weighted by Gasteiger charge is -2.19. The Bertz CT molecular complexity index is 1250. The van der Waals surface area contributed by atoms with Gasteiger partial charge in [-0.1, -0.05) is 6.07 Å². The molecule has 0 bridgehead atoms. The highest BCUT2D eigenvalue weighted by Gasteiger charge is 2.20. The lowest BCUT2D eigenvalue weighted by Crippen LogP contribution is -2.28. The molecule has 2 aromatic heterocycles. The van der Waals surface area contributed by atoms with Crippen LogP contribution in [0.3, 0.4) is 0 Å². The van der Waals surface area contributed by atoms with E-state index in [0.717, 1.165) is 11.8 Å². The number of sulfone groups is 1. The van der Waals surface area contributed by atoms with Gasteiger partial charge in [-0.05, 0) is 55.7 Å². The summed E-state index contributed by atoms with van der Waals surface area (Å²) >= 11 is 0.